The Morgan fingerprint density at radius 3 is 2.58 bits per heavy atom. The number of nitrogens with one attached hydrogen (secondary N) is 1. The van der Waals surface area contributed by atoms with Gasteiger partial charge in [0.2, 0.25) is 0 Å². The van der Waals surface area contributed by atoms with Gasteiger partial charge >= 0.3 is 0 Å². The Balaban J connectivity index is 3.14. The lowest BCUT2D eigenvalue weighted by molar-refractivity contribution is 0.167. The number of hydrogen-bond donors (Lipinski definition) is 2. The van der Waals surface area contributed by atoms with Gasteiger partial charge in [-0.05, 0) is 33.2 Å². The van der Waals surface area contributed by atoms with Crippen molar-refractivity contribution in [2.45, 2.75) is 38.8 Å². The maximum absolute atomic E-state index is 9.06. The quantitative estimate of drug-likeness (QED) is 0.562. The molecule has 3 nitrogen and oxygen atoms in total. The van der Waals surface area contributed by atoms with Crippen molar-refractivity contribution in [3.63, 3.8) is 0 Å². The van der Waals surface area contributed by atoms with Crippen molar-refractivity contribution in [1.29, 1.82) is 0 Å². The highest BCUT2D eigenvalue weighted by molar-refractivity contribution is 4.63. The maximum atomic E-state index is 9.06. The Labute approximate surface area is 75.1 Å². The minimum absolute atomic E-state index is 0.213. The molecular formula is C9H21NO2. The summed E-state index contributed by atoms with van der Waals surface area (Å²) in [6, 6.07) is 0.391. The molecule has 0 spiro atoms. The minimum atomic E-state index is -0.213. The molecule has 12 heavy (non-hydrogen) atoms. The Morgan fingerprint density at radius 2 is 2.08 bits per heavy atom. The summed E-state index contributed by atoms with van der Waals surface area (Å²) in [4.78, 5) is 0. The van der Waals surface area contributed by atoms with E-state index in [4.69, 9.17) is 9.84 Å². The number of aliphatic hydroxyl groups is 1. The fourth-order valence-electron chi connectivity index (χ4n) is 1.16. The lowest BCUT2D eigenvalue weighted by atomic mass is 10.1. The summed E-state index contributed by atoms with van der Waals surface area (Å²) in [5.74, 6) is 0. The summed E-state index contributed by atoms with van der Waals surface area (Å²) in [6.45, 7) is 5.66. The molecule has 2 atom stereocenters. The highest BCUT2D eigenvalue weighted by Crippen LogP contribution is 1.95. The molecule has 0 aliphatic heterocycles. The smallest absolute Gasteiger partial charge is 0.0526 e. The van der Waals surface area contributed by atoms with Gasteiger partial charge in [-0.1, -0.05) is 0 Å². The molecule has 0 radical (unpaired) electrons. The second-order valence-electron chi connectivity index (χ2n) is 3.29. The predicted octanol–water partition coefficient (Wildman–Crippen LogP) is 0.772. The van der Waals surface area contributed by atoms with Gasteiger partial charge in [0.05, 0.1) is 6.10 Å². The van der Waals surface area contributed by atoms with Crippen molar-refractivity contribution in [3.05, 3.63) is 0 Å². The van der Waals surface area contributed by atoms with E-state index in [1.54, 1.807) is 7.11 Å². The van der Waals surface area contributed by atoms with Crippen LogP contribution in [0, 0.1) is 0 Å². The van der Waals surface area contributed by atoms with Crippen LogP contribution in [0.3, 0.4) is 0 Å². The molecule has 0 aliphatic rings. The van der Waals surface area contributed by atoms with Crippen LogP contribution in [0.1, 0.15) is 26.7 Å². The van der Waals surface area contributed by atoms with Crippen LogP contribution < -0.4 is 5.32 Å². The predicted molar refractivity (Wildman–Crippen MR) is 50.3 cm³/mol. The fourth-order valence-corrected chi connectivity index (χ4v) is 1.16. The molecule has 0 aromatic heterocycles. The summed E-state index contributed by atoms with van der Waals surface area (Å²) in [5.41, 5.74) is 0. The van der Waals surface area contributed by atoms with Gasteiger partial charge in [0.25, 0.3) is 0 Å². The topological polar surface area (TPSA) is 41.5 Å². The standard InChI is InChI=1S/C9H21NO2/c1-8(7-9(2)11)10-5-4-6-12-3/h8-11H,4-7H2,1-3H3. The molecule has 2 unspecified atom stereocenters. The molecule has 0 heterocycles. The van der Waals surface area contributed by atoms with Gasteiger partial charge in [0.1, 0.15) is 0 Å². The number of ether oxygens (including phenoxy) is 1. The number of aliphatic hydroxyl groups excluding tert-OH is 1. The van der Waals surface area contributed by atoms with Crippen LogP contribution in [0.4, 0.5) is 0 Å². The Kier molecular flexibility index (Phi) is 7.45. The molecule has 0 rings (SSSR count). The van der Waals surface area contributed by atoms with Crippen LogP contribution in [-0.2, 0) is 4.74 Å². The van der Waals surface area contributed by atoms with Crippen LogP contribution >= 0.6 is 0 Å². The van der Waals surface area contributed by atoms with Gasteiger partial charge in [-0.2, -0.15) is 0 Å². The largest absolute Gasteiger partial charge is 0.393 e. The average Bonchev–Trinajstić information content (AvgIpc) is 1.97. The SMILES string of the molecule is COCCCNC(C)CC(C)O. The molecule has 0 aliphatic carbocycles. The van der Waals surface area contributed by atoms with E-state index in [0.717, 1.165) is 26.0 Å². The molecule has 0 saturated carbocycles. The average molecular weight is 175 g/mol. The van der Waals surface area contributed by atoms with Crippen molar-refractivity contribution in [3.8, 4) is 0 Å². The van der Waals surface area contributed by atoms with E-state index in [-0.39, 0.29) is 6.10 Å². The van der Waals surface area contributed by atoms with Gasteiger partial charge in [-0.25, -0.2) is 0 Å². The Morgan fingerprint density at radius 1 is 1.42 bits per heavy atom. The number of hydrogen-bond acceptors (Lipinski definition) is 3. The first-order chi connectivity index (χ1) is 5.66. The van der Waals surface area contributed by atoms with E-state index in [1.165, 1.54) is 0 Å². The van der Waals surface area contributed by atoms with Crippen molar-refractivity contribution in [2.24, 2.45) is 0 Å². The first-order valence-corrected chi connectivity index (χ1v) is 4.57. The van der Waals surface area contributed by atoms with Crippen LogP contribution in [0.5, 0.6) is 0 Å². The van der Waals surface area contributed by atoms with E-state index in [9.17, 15) is 0 Å². The summed E-state index contributed by atoms with van der Waals surface area (Å²) in [7, 11) is 1.71. The van der Waals surface area contributed by atoms with E-state index >= 15 is 0 Å². The van der Waals surface area contributed by atoms with E-state index in [0.29, 0.717) is 6.04 Å². The zero-order valence-electron chi connectivity index (χ0n) is 8.34. The first-order valence-electron chi connectivity index (χ1n) is 4.57. The summed E-state index contributed by atoms with van der Waals surface area (Å²) >= 11 is 0. The van der Waals surface area contributed by atoms with Crippen LogP contribution in [0.2, 0.25) is 0 Å². The normalized spacial score (nSPS) is 16.0. The second kappa shape index (κ2) is 7.53. The molecule has 3 heteroatoms. The zero-order valence-corrected chi connectivity index (χ0v) is 8.34. The van der Waals surface area contributed by atoms with E-state index < -0.39 is 0 Å². The molecule has 0 aromatic rings. The highest BCUT2D eigenvalue weighted by Gasteiger charge is 2.03. The van der Waals surface area contributed by atoms with E-state index in [2.05, 4.69) is 12.2 Å². The molecular weight excluding hydrogens is 154 g/mol. The van der Waals surface area contributed by atoms with Crippen molar-refractivity contribution >= 4 is 0 Å². The van der Waals surface area contributed by atoms with Gasteiger partial charge in [-0.15, -0.1) is 0 Å². The fraction of sp³-hybridized carbons (Fsp3) is 1.00. The van der Waals surface area contributed by atoms with Crippen LogP contribution in [0.25, 0.3) is 0 Å². The Hall–Kier alpha value is -0.120. The van der Waals surface area contributed by atoms with E-state index in [1.807, 2.05) is 6.92 Å². The van der Waals surface area contributed by atoms with Gasteiger partial charge in [0, 0.05) is 19.8 Å². The van der Waals surface area contributed by atoms with Crippen LogP contribution in [0.15, 0.2) is 0 Å². The minimum Gasteiger partial charge on any atom is -0.393 e. The zero-order chi connectivity index (χ0) is 9.40. The van der Waals surface area contributed by atoms with Crippen molar-refractivity contribution in [2.75, 3.05) is 20.3 Å². The molecule has 2 N–H and O–H groups in total. The summed E-state index contributed by atoms with van der Waals surface area (Å²) in [5, 5.41) is 12.4. The lowest BCUT2D eigenvalue weighted by Gasteiger charge is -2.14. The second-order valence-corrected chi connectivity index (χ2v) is 3.29. The van der Waals surface area contributed by atoms with Gasteiger partial charge in [-0.3, -0.25) is 0 Å². The van der Waals surface area contributed by atoms with Gasteiger partial charge in [0.15, 0.2) is 0 Å². The van der Waals surface area contributed by atoms with Crippen LogP contribution in [-0.4, -0.2) is 37.5 Å². The summed E-state index contributed by atoms with van der Waals surface area (Å²) in [6.07, 6.45) is 1.63. The van der Waals surface area contributed by atoms with Crippen molar-refractivity contribution < 1.29 is 9.84 Å². The maximum Gasteiger partial charge on any atom is 0.0526 e. The van der Waals surface area contributed by atoms with Crippen molar-refractivity contribution in [1.82, 2.24) is 5.32 Å². The third-order valence-corrected chi connectivity index (χ3v) is 1.71. The number of rotatable bonds is 7. The molecule has 74 valence electrons. The molecule has 0 bridgehead atoms. The molecule has 0 aromatic carbocycles. The van der Waals surface area contributed by atoms with Gasteiger partial charge < -0.3 is 15.2 Å². The molecule has 0 fully saturated rings. The summed E-state index contributed by atoms with van der Waals surface area (Å²) < 4.78 is 4.92. The third-order valence-electron chi connectivity index (χ3n) is 1.71. The Bertz CT molecular complexity index is 96.5. The lowest BCUT2D eigenvalue weighted by Crippen LogP contribution is -2.30. The molecule has 0 amide bonds. The third kappa shape index (κ3) is 7.98. The highest BCUT2D eigenvalue weighted by atomic mass is 16.5. The first kappa shape index (κ1) is 11.9. The monoisotopic (exact) mass is 175 g/mol. The molecule has 0 saturated heterocycles. The number of methoxy groups -OCH3 is 1.